The number of ether oxygens (including phenoxy) is 1. The van der Waals surface area contributed by atoms with Crippen LogP contribution in [0.2, 0.25) is 0 Å². The normalized spacial score (nSPS) is 11.4. The molecule has 1 aromatic heterocycles. The van der Waals surface area contributed by atoms with E-state index in [0.29, 0.717) is 13.1 Å². The minimum absolute atomic E-state index is 0. The number of hydrogen-bond donors (Lipinski definition) is 0. The van der Waals surface area contributed by atoms with Crippen molar-refractivity contribution in [3.8, 4) is 5.75 Å². The second kappa shape index (κ2) is 19.0. The van der Waals surface area contributed by atoms with Crippen LogP contribution in [0.25, 0.3) is 0 Å². The van der Waals surface area contributed by atoms with E-state index in [0.717, 1.165) is 30.0 Å². The largest absolute Gasteiger partial charge is 1.00 e. The van der Waals surface area contributed by atoms with Crippen molar-refractivity contribution >= 4 is 10.0 Å². The van der Waals surface area contributed by atoms with Gasteiger partial charge < -0.3 is 28.7 Å². The van der Waals surface area contributed by atoms with Crippen LogP contribution in [0.15, 0.2) is 48.7 Å². The van der Waals surface area contributed by atoms with Gasteiger partial charge in [-0.25, -0.2) is 13.0 Å². The number of halogens is 1. The van der Waals surface area contributed by atoms with Gasteiger partial charge in [0.2, 0.25) is 10.0 Å². The summed E-state index contributed by atoms with van der Waals surface area (Å²) < 4.78 is 34.1. The summed E-state index contributed by atoms with van der Waals surface area (Å²) >= 11 is 0. The fourth-order valence-corrected chi connectivity index (χ4v) is 4.97. The standard InChI is InChI=1S/C29H47N2O3S.HI/c1-4-5-6-7-8-9-10-11-12-13-14-17-24-34-29-21-19-27(20-22-29)25-31(35(3,32)33)26-28-18-15-16-23-30(28)2;/h15-16,18-23H,4-14,17,24-26H2,1-3H3;1H/q+1;/p-1. The van der Waals surface area contributed by atoms with Crippen molar-refractivity contribution in [1.29, 1.82) is 0 Å². The molecule has 0 spiro atoms. The minimum atomic E-state index is -3.34. The molecule has 1 heterocycles. The molecule has 0 bridgehead atoms. The summed E-state index contributed by atoms with van der Waals surface area (Å²) in [5.74, 6) is 0.845. The van der Waals surface area contributed by atoms with E-state index >= 15 is 0 Å². The highest BCUT2D eigenvalue weighted by molar-refractivity contribution is 7.88. The quantitative estimate of drug-likeness (QED) is 0.136. The first-order chi connectivity index (χ1) is 16.9. The lowest BCUT2D eigenvalue weighted by molar-refractivity contribution is -0.680. The number of sulfonamides is 1. The van der Waals surface area contributed by atoms with E-state index in [1.54, 1.807) is 0 Å². The number of aryl methyl sites for hydroxylation is 1. The molecule has 7 heteroatoms. The Labute approximate surface area is 237 Å². The highest BCUT2D eigenvalue weighted by Gasteiger charge is 2.21. The Bertz CT molecular complexity index is 936. The smallest absolute Gasteiger partial charge is 0.212 e. The van der Waals surface area contributed by atoms with Gasteiger partial charge in [-0.3, -0.25) is 0 Å². The third-order valence-corrected chi connectivity index (χ3v) is 7.71. The molecule has 1 aromatic carbocycles. The maximum absolute atomic E-state index is 12.4. The summed E-state index contributed by atoms with van der Waals surface area (Å²) in [6.45, 7) is 3.68. The van der Waals surface area contributed by atoms with Gasteiger partial charge >= 0.3 is 0 Å². The molecule has 0 aliphatic rings. The molecule has 2 aromatic rings. The van der Waals surface area contributed by atoms with Gasteiger partial charge in [0.05, 0.1) is 19.4 Å². The van der Waals surface area contributed by atoms with Crippen LogP contribution in [0.4, 0.5) is 0 Å². The number of pyridine rings is 1. The Morgan fingerprint density at radius 3 is 1.86 bits per heavy atom. The van der Waals surface area contributed by atoms with Gasteiger partial charge in [0.15, 0.2) is 11.9 Å². The van der Waals surface area contributed by atoms with E-state index in [1.165, 1.54) is 81.2 Å². The molecule has 0 saturated carbocycles. The third kappa shape index (κ3) is 13.9. The van der Waals surface area contributed by atoms with Crippen molar-refractivity contribution in [2.45, 2.75) is 97.1 Å². The van der Waals surface area contributed by atoms with E-state index in [-0.39, 0.29) is 24.0 Å². The molecular weight excluding hydrogens is 583 g/mol. The fourth-order valence-electron chi connectivity index (χ4n) is 4.22. The number of unbranched alkanes of at least 4 members (excludes halogenated alkanes) is 11. The Hall–Kier alpha value is -1.19. The molecule has 5 nitrogen and oxygen atoms in total. The lowest BCUT2D eigenvalue weighted by Crippen LogP contribution is -3.00. The van der Waals surface area contributed by atoms with Crippen LogP contribution in [0.3, 0.4) is 0 Å². The predicted molar refractivity (Wildman–Crippen MR) is 145 cm³/mol. The minimum Gasteiger partial charge on any atom is -1.00 e. The molecule has 36 heavy (non-hydrogen) atoms. The molecular formula is C29H47IN2O3S. The summed E-state index contributed by atoms with van der Waals surface area (Å²) in [6.07, 6.45) is 19.2. The average Bonchev–Trinajstić information content (AvgIpc) is 2.83. The zero-order valence-corrected chi connectivity index (χ0v) is 25.6. The Kier molecular flexibility index (Phi) is 17.3. The van der Waals surface area contributed by atoms with Crippen LogP contribution in [0.5, 0.6) is 5.75 Å². The van der Waals surface area contributed by atoms with Crippen molar-refractivity contribution in [2.24, 2.45) is 7.05 Å². The molecule has 0 aliphatic heterocycles. The summed E-state index contributed by atoms with van der Waals surface area (Å²) in [6, 6.07) is 13.6. The number of aromatic nitrogens is 1. The Balaban J connectivity index is 0.00000648. The molecule has 0 saturated heterocycles. The van der Waals surface area contributed by atoms with E-state index in [9.17, 15) is 8.42 Å². The van der Waals surface area contributed by atoms with Crippen molar-refractivity contribution < 1.29 is 41.7 Å². The molecule has 0 atom stereocenters. The zero-order chi connectivity index (χ0) is 25.4. The van der Waals surface area contributed by atoms with Gasteiger partial charge in [-0.1, -0.05) is 95.8 Å². The Morgan fingerprint density at radius 2 is 1.33 bits per heavy atom. The number of benzene rings is 1. The van der Waals surface area contributed by atoms with Crippen molar-refractivity contribution in [3.63, 3.8) is 0 Å². The molecule has 0 N–H and O–H groups in total. The molecule has 0 unspecified atom stereocenters. The van der Waals surface area contributed by atoms with Gasteiger partial charge in [0, 0.05) is 18.7 Å². The topological polar surface area (TPSA) is 50.5 Å². The van der Waals surface area contributed by atoms with Crippen LogP contribution in [0.1, 0.15) is 95.2 Å². The Morgan fingerprint density at radius 1 is 0.778 bits per heavy atom. The summed E-state index contributed by atoms with van der Waals surface area (Å²) in [4.78, 5) is 0. The van der Waals surface area contributed by atoms with Crippen LogP contribution in [-0.2, 0) is 30.2 Å². The second-order valence-corrected chi connectivity index (χ2v) is 11.7. The molecule has 204 valence electrons. The number of rotatable bonds is 19. The zero-order valence-electron chi connectivity index (χ0n) is 22.6. The monoisotopic (exact) mass is 630 g/mol. The molecule has 2 rings (SSSR count). The highest BCUT2D eigenvalue weighted by atomic mass is 127. The van der Waals surface area contributed by atoms with Crippen LogP contribution in [-0.4, -0.2) is 25.6 Å². The second-order valence-electron chi connectivity index (χ2n) is 9.72. The van der Waals surface area contributed by atoms with Crippen LogP contribution in [0, 0.1) is 0 Å². The van der Waals surface area contributed by atoms with E-state index in [4.69, 9.17) is 4.74 Å². The maximum atomic E-state index is 12.4. The van der Waals surface area contributed by atoms with Gasteiger partial charge in [-0.2, -0.15) is 4.31 Å². The van der Waals surface area contributed by atoms with Gasteiger partial charge in [-0.15, -0.1) is 0 Å². The SMILES string of the molecule is CCCCCCCCCCCCCCOc1ccc(CN(Cc2cccc[n+]2C)S(C)(=O)=O)cc1.[I-]. The lowest BCUT2D eigenvalue weighted by Gasteiger charge is -2.19. The number of hydrogen-bond acceptors (Lipinski definition) is 3. The van der Waals surface area contributed by atoms with E-state index < -0.39 is 10.0 Å². The third-order valence-electron chi connectivity index (χ3n) is 6.52. The lowest BCUT2D eigenvalue weighted by atomic mass is 10.1. The van der Waals surface area contributed by atoms with Gasteiger partial charge in [0.25, 0.3) is 0 Å². The van der Waals surface area contributed by atoms with Crippen molar-refractivity contribution in [2.75, 3.05) is 12.9 Å². The first-order valence-corrected chi connectivity index (χ1v) is 15.4. The van der Waals surface area contributed by atoms with Crippen molar-refractivity contribution in [3.05, 3.63) is 59.9 Å². The van der Waals surface area contributed by atoms with Gasteiger partial charge in [0.1, 0.15) is 12.8 Å². The predicted octanol–water partition coefficient (Wildman–Crippen LogP) is 3.56. The molecule has 0 radical (unpaired) electrons. The summed E-state index contributed by atoms with van der Waals surface area (Å²) in [7, 11) is -1.41. The highest BCUT2D eigenvalue weighted by Crippen LogP contribution is 2.17. The summed E-state index contributed by atoms with van der Waals surface area (Å²) in [5, 5.41) is 0. The first-order valence-electron chi connectivity index (χ1n) is 13.5. The van der Waals surface area contributed by atoms with Crippen LogP contribution < -0.4 is 33.3 Å². The van der Waals surface area contributed by atoms with Crippen LogP contribution >= 0.6 is 0 Å². The van der Waals surface area contributed by atoms with Crippen molar-refractivity contribution in [1.82, 2.24) is 4.31 Å². The van der Waals surface area contributed by atoms with E-state index in [2.05, 4.69) is 6.92 Å². The van der Waals surface area contributed by atoms with E-state index in [1.807, 2.05) is 60.3 Å². The summed E-state index contributed by atoms with van der Waals surface area (Å²) in [5.41, 5.74) is 1.90. The average molecular weight is 631 g/mol. The first kappa shape index (κ1) is 32.8. The maximum Gasteiger partial charge on any atom is 0.212 e. The van der Waals surface area contributed by atoms with Gasteiger partial charge in [-0.05, 0) is 24.1 Å². The molecule has 0 fully saturated rings. The molecule has 0 amide bonds. The fraction of sp³-hybridized carbons (Fsp3) is 0.621. The number of nitrogens with zero attached hydrogens (tertiary/aromatic N) is 2. The molecule has 0 aliphatic carbocycles.